The van der Waals surface area contributed by atoms with Crippen molar-refractivity contribution in [1.29, 1.82) is 0 Å². The molecule has 0 aliphatic heterocycles. The predicted molar refractivity (Wildman–Crippen MR) is 75.0 cm³/mol. The minimum absolute atomic E-state index is 0.231. The van der Waals surface area contributed by atoms with E-state index in [0.29, 0.717) is 17.3 Å². The van der Waals surface area contributed by atoms with Gasteiger partial charge in [0.15, 0.2) is 5.69 Å². The highest BCUT2D eigenvalue weighted by Crippen LogP contribution is 2.23. The van der Waals surface area contributed by atoms with Gasteiger partial charge in [-0.2, -0.15) is 5.10 Å². The Balaban J connectivity index is 2.22. The minimum atomic E-state index is -0.320. The molecule has 6 heteroatoms. The van der Waals surface area contributed by atoms with Gasteiger partial charge in [0, 0.05) is 17.2 Å². The quantitative estimate of drug-likeness (QED) is 0.936. The van der Waals surface area contributed by atoms with E-state index < -0.39 is 0 Å². The highest BCUT2D eigenvalue weighted by molar-refractivity contribution is 9.10. The van der Waals surface area contributed by atoms with Crippen molar-refractivity contribution in [3.63, 3.8) is 0 Å². The van der Waals surface area contributed by atoms with Crippen molar-refractivity contribution < 1.29 is 4.79 Å². The zero-order valence-corrected chi connectivity index (χ0v) is 12.0. The van der Waals surface area contributed by atoms with Gasteiger partial charge in [-0.15, -0.1) is 0 Å². The van der Waals surface area contributed by atoms with Crippen LogP contribution in [0.1, 0.15) is 17.4 Å². The summed E-state index contributed by atoms with van der Waals surface area (Å²) in [5, 5.41) is 7.22. The largest absolute Gasteiger partial charge is 0.319 e. The number of nitrogens with zero attached hydrogens (tertiary/aromatic N) is 2. The van der Waals surface area contributed by atoms with Gasteiger partial charge in [0.25, 0.3) is 5.91 Å². The van der Waals surface area contributed by atoms with Gasteiger partial charge in [-0.05, 0) is 35.0 Å². The second-order valence-electron chi connectivity index (χ2n) is 3.62. The zero-order valence-electron chi connectivity index (χ0n) is 9.65. The first-order valence-corrected chi connectivity index (χ1v) is 6.57. The van der Waals surface area contributed by atoms with E-state index in [2.05, 4.69) is 26.3 Å². The fourth-order valence-electron chi connectivity index (χ4n) is 1.46. The fraction of sp³-hybridized carbons (Fsp3) is 0.167. The number of rotatable bonds is 3. The molecule has 1 amide bonds. The molecule has 2 aromatic rings. The lowest BCUT2D eigenvalue weighted by Crippen LogP contribution is -2.14. The summed E-state index contributed by atoms with van der Waals surface area (Å²) in [5.41, 5.74) is 0.916. The van der Waals surface area contributed by atoms with E-state index in [1.807, 2.05) is 25.1 Å². The Hall–Kier alpha value is -1.33. The first kappa shape index (κ1) is 13.1. The van der Waals surface area contributed by atoms with Crippen LogP contribution < -0.4 is 5.32 Å². The van der Waals surface area contributed by atoms with Crippen LogP contribution in [0.25, 0.3) is 0 Å². The van der Waals surface area contributed by atoms with Crippen LogP contribution in [0.5, 0.6) is 0 Å². The van der Waals surface area contributed by atoms with Gasteiger partial charge in [-0.3, -0.25) is 9.48 Å². The molecule has 0 saturated carbocycles. The molecule has 1 N–H and O–H groups in total. The summed E-state index contributed by atoms with van der Waals surface area (Å²) in [5.74, 6) is -0.320. The maximum absolute atomic E-state index is 12.0. The molecule has 0 radical (unpaired) electrons. The number of amides is 1. The van der Waals surface area contributed by atoms with E-state index in [9.17, 15) is 4.79 Å². The number of carbonyl (C=O) groups excluding carboxylic acids is 1. The first-order valence-electron chi connectivity index (χ1n) is 5.40. The molecule has 0 atom stereocenters. The van der Waals surface area contributed by atoms with Crippen LogP contribution in [-0.4, -0.2) is 15.7 Å². The van der Waals surface area contributed by atoms with Crippen molar-refractivity contribution in [2.75, 3.05) is 5.32 Å². The lowest BCUT2D eigenvalue weighted by molar-refractivity contribution is 0.102. The molecule has 0 spiro atoms. The number of hydrogen-bond acceptors (Lipinski definition) is 2. The monoisotopic (exact) mass is 327 g/mol. The maximum atomic E-state index is 12.0. The number of anilines is 1. The molecular formula is C12H11BrClN3O. The summed E-state index contributed by atoms with van der Waals surface area (Å²) in [6.07, 6.45) is 1.64. The van der Waals surface area contributed by atoms with Gasteiger partial charge in [0.2, 0.25) is 0 Å². The molecule has 1 aromatic carbocycles. The topological polar surface area (TPSA) is 46.9 Å². The SMILES string of the molecule is CCn1cc(Cl)c(C(=O)Nc2ccccc2Br)n1. The van der Waals surface area contributed by atoms with Crippen molar-refractivity contribution in [2.45, 2.75) is 13.5 Å². The Morgan fingerprint density at radius 2 is 2.22 bits per heavy atom. The molecular weight excluding hydrogens is 318 g/mol. The van der Waals surface area contributed by atoms with Crippen LogP contribution in [0.2, 0.25) is 5.02 Å². The second-order valence-corrected chi connectivity index (χ2v) is 4.88. The Morgan fingerprint density at radius 3 is 2.83 bits per heavy atom. The van der Waals surface area contributed by atoms with Crippen LogP contribution in [-0.2, 0) is 6.54 Å². The van der Waals surface area contributed by atoms with Crippen molar-refractivity contribution >= 4 is 39.1 Å². The van der Waals surface area contributed by atoms with Gasteiger partial charge < -0.3 is 5.32 Å². The zero-order chi connectivity index (χ0) is 13.1. The standard InChI is InChI=1S/C12H11BrClN3O/c1-2-17-7-9(14)11(16-17)12(18)15-10-6-4-3-5-8(10)13/h3-7H,2H2,1H3,(H,15,18). The van der Waals surface area contributed by atoms with Gasteiger partial charge >= 0.3 is 0 Å². The summed E-state index contributed by atoms with van der Waals surface area (Å²) < 4.78 is 2.43. The van der Waals surface area contributed by atoms with Crippen LogP contribution in [0, 0.1) is 0 Å². The molecule has 94 valence electrons. The van der Waals surface area contributed by atoms with Crippen molar-refractivity contribution in [2.24, 2.45) is 0 Å². The van der Waals surface area contributed by atoms with Gasteiger partial charge in [-0.1, -0.05) is 23.7 Å². The smallest absolute Gasteiger partial charge is 0.277 e. The number of aryl methyl sites for hydroxylation is 1. The number of hydrogen-bond donors (Lipinski definition) is 1. The lowest BCUT2D eigenvalue weighted by Gasteiger charge is -2.05. The molecule has 18 heavy (non-hydrogen) atoms. The molecule has 0 aliphatic rings. The molecule has 0 fully saturated rings. The third-order valence-corrected chi connectivity index (χ3v) is 3.35. The number of para-hydroxylation sites is 1. The average Bonchev–Trinajstić information content (AvgIpc) is 2.73. The van der Waals surface area contributed by atoms with E-state index in [1.165, 1.54) is 0 Å². The number of halogens is 2. The third-order valence-electron chi connectivity index (χ3n) is 2.38. The van der Waals surface area contributed by atoms with Crippen molar-refractivity contribution in [3.05, 3.63) is 45.7 Å². The van der Waals surface area contributed by atoms with Crippen LogP contribution >= 0.6 is 27.5 Å². The molecule has 0 saturated heterocycles. The van der Waals surface area contributed by atoms with Gasteiger partial charge in [0.05, 0.1) is 10.7 Å². The summed E-state index contributed by atoms with van der Waals surface area (Å²) in [6.45, 7) is 2.60. The highest BCUT2D eigenvalue weighted by atomic mass is 79.9. The lowest BCUT2D eigenvalue weighted by atomic mass is 10.3. The maximum Gasteiger partial charge on any atom is 0.277 e. The minimum Gasteiger partial charge on any atom is -0.319 e. The molecule has 0 unspecified atom stereocenters. The summed E-state index contributed by atoms with van der Waals surface area (Å²) in [4.78, 5) is 12.0. The number of carbonyl (C=O) groups is 1. The van der Waals surface area contributed by atoms with E-state index in [1.54, 1.807) is 16.9 Å². The molecule has 1 heterocycles. The Labute approximate surface area is 118 Å². The van der Waals surface area contributed by atoms with Crippen LogP contribution in [0.4, 0.5) is 5.69 Å². The van der Waals surface area contributed by atoms with E-state index in [-0.39, 0.29) is 11.6 Å². The second kappa shape index (κ2) is 5.54. The average molecular weight is 329 g/mol. The number of nitrogens with one attached hydrogen (secondary N) is 1. The molecule has 4 nitrogen and oxygen atoms in total. The van der Waals surface area contributed by atoms with Crippen LogP contribution in [0.3, 0.4) is 0 Å². The highest BCUT2D eigenvalue weighted by Gasteiger charge is 2.16. The third kappa shape index (κ3) is 2.73. The molecule has 1 aromatic heterocycles. The van der Waals surface area contributed by atoms with E-state index in [0.717, 1.165) is 4.47 Å². The van der Waals surface area contributed by atoms with Gasteiger partial charge in [-0.25, -0.2) is 0 Å². The number of aromatic nitrogens is 2. The van der Waals surface area contributed by atoms with Crippen LogP contribution in [0.15, 0.2) is 34.9 Å². The predicted octanol–water partition coefficient (Wildman–Crippen LogP) is 3.57. The Bertz CT molecular complexity index is 582. The summed E-state index contributed by atoms with van der Waals surface area (Å²) >= 11 is 9.33. The van der Waals surface area contributed by atoms with E-state index in [4.69, 9.17) is 11.6 Å². The summed E-state index contributed by atoms with van der Waals surface area (Å²) in [6, 6.07) is 7.36. The van der Waals surface area contributed by atoms with Crippen molar-refractivity contribution in [1.82, 2.24) is 9.78 Å². The van der Waals surface area contributed by atoms with Crippen molar-refractivity contribution in [3.8, 4) is 0 Å². The number of benzene rings is 1. The fourth-order valence-corrected chi connectivity index (χ4v) is 2.08. The first-order chi connectivity index (χ1) is 8.61. The normalized spacial score (nSPS) is 10.4. The molecule has 0 bridgehead atoms. The molecule has 2 rings (SSSR count). The van der Waals surface area contributed by atoms with E-state index >= 15 is 0 Å². The van der Waals surface area contributed by atoms with Gasteiger partial charge in [0.1, 0.15) is 0 Å². The summed E-state index contributed by atoms with van der Waals surface area (Å²) in [7, 11) is 0. The Morgan fingerprint density at radius 1 is 1.50 bits per heavy atom. The Kier molecular flexibility index (Phi) is 4.04. The molecule has 0 aliphatic carbocycles.